The molecule has 2 saturated heterocycles. The summed E-state index contributed by atoms with van der Waals surface area (Å²) >= 11 is 1.57. The number of fused-ring (bicyclic) bond motifs is 1. The van der Waals surface area contributed by atoms with E-state index in [9.17, 15) is 13.6 Å². The SMILES string of the molecule is O=C([C@@H]1CCCN1c1ncnc2sccc12)N1CCCN(CC(F)F)CC1. The summed E-state index contributed by atoms with van der Waals surface area (Å²) in [6.07, 6.45) is 1.70. The van der Waals surface area contributed by atoms with Gasteiger partial charge in [-0.3, -0.25) is 9.69 Å². The minimum absolute atomic E-state index is 0.0911. The largest absolute Gasteiger partial charge is 0.344 e. The predicted octanol–water partition coefficient (Wildman–Crippen LogP) is 2.46. The lowest BCUT2D eigenvalue weighted by molar-refractivity contribution is -0.132. The van der Waals surface area contributed by atoms with E-state index in [1.165, 1.54) is 0 Å². The van der Waals surface area contributed by atoms with Gasteiger partial charge >= 0.3 is 0 Å². The summed E-state index contributed by atoms with van der Waals surface area (Å²) in [6, 6.07) is 1.77. The Balaban J connectivity index is 1.49. The first-order valence-electron chi connectivity index (χ1n) is 9.37. The number of anilines is 1. The maximum atomic E-state index is 13.2. The molecule has 0 radical (unpaired) electrons. The van der Waals surface area contributed by atoms with Crippen molar-refractivity contribution in [2.45, 2.75) is 31.7 Å². The molecule has 0 aromatic carbocycles. The number of thiophene rings is 1. The summed E-state index contributed by atoms with van der Waals surface area (Å²) < 4.78 is 25.3. The zero-order chi connectivity index (χ0) is 18.8. The average molecular weight is 395 g/mol. The predicted molar refractivity (Wildman–Crippen MR) is 101 cm³/mol. The molecule has 6 nitrogen and oxygen atoms in total. The maximum absolute atomic E-state index is 13.2. The Kier molecular flexibility index (Phi) is 5.49. The Morgan fingerprint density at radius 2 is 2.07 bits per heavy atom. The highest BCUT2D eigenvalue weighted by atomic mass is 32.1. The van der Waals surface area contributed by atoms with Crippen LogP contribution in [0.3, 0.4) is 0 Å². The molecular weight excluding hydrogens is 372 g/mol. The van der Waals surface area contributed by atoms with Gasteiger partial charge in [0.25, 0.3) is 6.43 Å². The Morgan fingerprint density at radius 3 is 2.93 bits per heavy atom. The number of hydrogen-bond donors (Lipinski definition) is 0. The van der Waals surface area contributed by atoms with Gasteiger partial charge in [0, 0.05) is 32.7 Å². The molecule has 9 heteroatoms. The van der Waals surface area contributed by atoms with Crippen LogP contribution in [0.15, 0.2) is 17.8 Å². The smallest absolute Gasteiger partial charge is 0.251 e. The first kappa shape index (κ1) is 18.5. The third-order valence-corrected chi connectivity index (χ3v) is 6.17. The topological polar surface area (TPSA) is 52.6 Å². The standard InChI is InChI=1S/C18H23F2N5OS/c19-15(20)11-23-5-2-6-24(9-8-23)18(26)14-3-1-7-25(14)16-13-4-10-27-17(13)22-12-21-16/h4,10,12,14-15H,1-3,5-9,11H2/t14-/m0/s1. The van der Waals surface area contributed by atoms with Gasteiger partial charge in [-0.2, -0.15) is 0 Å². The fraction of sp³-hybridized carbons (Fsp3) is 0.611. The molecule has 27 heavy (non-hydrogen) atoms. The number of rotatable bonds is 4. The van der Waals surface area contributed by atoms with E-state index < -0.39 is 6.43 Å². The number of amides is 1. The third kappa shape index (κ3) is 3.89. The Hall–Kier alpha value is -1.87. The quantitative estimate of drug-likeness (QED) is 0.796. The van der Waals surface area contributed by atoms with E-state index in [0.29, 0.717) is 26.2 Å². The van der Waals surface area contributed by atoms with Crippen LogP contribution >= 0.6 is 11.3 Å². The van der Waals surface area contributed by atoms with Crippen LogP contribution in [0.1, 0.15) is 19.3 Å². The molecule has 0 aliphatic carbocycles. The zero-order valence-electron chi connectivity index (χ0n) is 15.1. The van der Waals surface area contributed by atoms with E-state index in [-0.39, 0.29) is 18.5 Å². The average Bonchev–Trinajstić information content (AvgIpc) is 3.26. The Morgan fingerprint density at radius 1 is 1.19 bits per heavy atom. The third-order valence-electron chi connectivity index (χ3n) is 5.35. The van der Waals surface area contributed by atoms with E-state index in [4.69, 9.17) is 0 Å². The Bertz CT molecular complexity index is 801. The van der Waals surface area contributed by atoms with Gasteiger partial charge in [-0.1, -0.05) is 0 Å². The number of nitrogens with zero attached hydrogens (tertiary/aromatic N) is 5. The van der Waals surface area contributed by atoms with Gasteiger partial charge in [-0.25, -0.2) is 18.7 Å². The van der Waals surface area contributed by atoms with Crippen LogP contribution < -0.4 is 4.90 Å². The van der Waals surface area contributed by atoms with Crippen molar-refractivity contribution in [1.82, 2.24) is 19.8 Å². The zero-order valence-corrected chi connectivity index (χ0v) is 15.9. The van der Waals surface area contributed by atoms with Crippen LogP contribution in [0.5, 0.6) is 0 Å². The molecule has 2 aromatic rings. The molecule has 2 aromatic heterocycles. The van der Waals surface area contributed by atoms with E-state index >= 15 is 0 Å². The second-order valence-corrected chi connectivity index (χ2v) is 7.95. The molecule has 0 bridgehead atoms. The van der Waals surface area contributed by atoms with E-state index in [2.05, 4.69) is 14.9 Å². The highest BCUT2D eigenvalue weighted by Gasteiger charge is 2.36. The van der Waals surface area contributed by atoms with Crippen LogP contribution in [0.25, 0.3) is 10.2 Å². The molecule has 2 fully saturated rings. The molecule has 0 unspecified atom stereocenters. The number of halogens is 2. The van der Waals surface area contributed by atoms with Crippen molar-refractivity contribution in [2.24, 2.45) is 0 Å². The fourth-order valence-corrected chi connectivity index (χ4v) is 4.79. The van der Waals surface area contributed by atoms with Crippen molar-refractivity contribution in [3.63, 3.8) is 0 Å². The lowest BCUT2D eigenvalue weighted by Gasteiger charge is -2.30. The van der Waals surface area contributed by atoms with Crippen LogP contribution in [-0.2, 0) is 4.79 Å². The normalized spacial score (nSPS) is 22.0. The van der Waals surface area contributed by atoms with Crippen molar-refractivity contribution in [2.75, 3.05) is 44.2 Å². The van der Waals surface area contributed by atoms with Gasteiger partial charge in [0.15, 0.2) is 0 Å². The van der Waals surface area contributed by atoms with Gasteiger partial charge in [0.2, 0.25) is 5.91 Å². The fourth-order valence-electron chi connectivity index (χ4n) is 4.06. The van der Waals surface area contributed by atoms with E-state index in [0.717, 1.165) is 41.8 Å². The summed E-state index contributed by atoms with van der Waals surface area (Å²) in [5, 5.41) is 2.98. The van der Waals surface area contributed by atoms with Gasteiger partial charge in [0.05, 0.1) is 11.9 Å². The summed E-state index contributed by atoms with van der Waals surface area (Å²) in [4.78, 5) is 28.6. The van der Waals surface area contributed by atoms with E-state index in [1.54, 1.807) is 22.6 Å². The molecule has 2 aliphatic rings. The van der Waals surface area contributed by atoms with Crippen LogP contribution in [-0.4, -0.2) is 77.4 Å². The van der Waals surface area contributed by atoms with Crippen molar-refractivity contribution in [3.8, 4) is 0 Å². The molecule has 0 N–H and O–H groups in total. The molecule has 4 heterocycles. The minimum Gasteiger partial charge on any atom is -0.344 e. The number of carbonyl (C=O) groups is 1. The van der Waals surface area contributed by atoms with Gasteiger partial charge in [-0.05, 0) is 30.7 Å². The summed E-state index contributed by atoms with van der Waals surface area (Å²) in [6.45, 7) is 2.83. The van der Waals surface area contributed by atoms with Crippen LogP contribution in [0, 0.1) is 0 Å². The van der Waals surface area contributed by atoms with Gasteiger partial charge < -0.3 is 9.80 Å². The molecule has 1 amide bonds. The lowest BCUT2D eigenvalue weighted by Crippen LogP contribution is -2.47. The molecule has 0 spiro atoms. The lowest BCUT2D eigenvalue weighted by atomic mass is 10.1. The van der Waals surface area contributed by atoms with Crippen molar-refractivity contribution >= 4 is 33.3 Å². The van der Waals surface area contributed by atoms with Crippen molar-refractivity contribution in [1.29, 1.82) is 0 Å². The minimum atomic E-state index is -2.33. The van der Waals surface area contributed by atoms with Crippen LogP contribution in [0.4, 0.5) is 14.6 Å². The second kappa shape index (κ2) is 8.02. The highest BCUT2D eigenvalue weighted by Crippen LogP contribution is 2.32. The molecular formula is C18H23F2N5OS. The molecule has 2 aliphatic heterocycles. The maximum Gasteiger partial charge on any atom is 0.251 e. The number of aromatic nitrogens is 2. The number of alkyl halides is 2. The highest BCUT2D eigenvalue weighted by molar-refractivity contribution is 7.16. The van der Waals surface area contributed by atoms with E-state index in [1.807, 2.05) is 16.3 Å². The summed E-state index contributed by atoms with van der Waals surface area (Å²) in [7, 11) is 0. The van der Waals surface area contributed by atoms with Gasteiger partial charge in [-0.15, -0.1) is 11.3 Å². The first-order chi connectivity index (χ1) is 13.1. The first-order valence-corrected chi connectivity index (χ1v) is 10.3. The van der Waals surface area contributed by atoms with Crippen molar-refractivity contribution < 1.29 is 13.6 Å². The van der Waals surface area contributed by atoms with Crippen molar-refractivity contribution in [3.05, 3.63) is 17.8 Å². The molecule has 4 rings (SSSR count). The second-order valence-electron chi connectivity index (χ2n) is 7.06. The molecule has 146 valence electrons. The number of hydrogen-bond acceptors (Lipinski definition) is 6. The Labute approximate surface area is 160 Å². The van der Waals surface area contributed by atoms with Gasteiger partial charge in [0.1, 0.15) is 23.0 Å². The molecule has 0 saturated carbocycles. The molecule has 1 atom stereocenters. The number of carbonyl (C=O) groups excluding carboxylic acids is 1. The summed E-state index contributed by atoms with van der Waals surface area (Å²) in [5.41, 5.74) is 0. The van der Waals surface area contributed by atoms with Crippen LogP contribution in [0.2, 0.25) is 0 Å². The monoisotopic (exact) mass is 395 g/mol. The summed E-state index contributed by atoms with van der Waals surface area (Å²) in [5.74, 6) is 0.916.